The van der Waals surface area contributed by atoms with Crippen LogP contribution < -0.4 is 11.3 Å². The van der Waals surface area contributed by atoms with Crippen LogP contribution in [0.15, 0.2) is 6.07 Å². The van der Waals surface area contributed by atoms with Crippen LogP contribution in [-0.4, -0.2) is 15.8 Å². The van der Waals surface area contributed by atoms with E-state index in [2.05, 4.69) is 42.0 Å². The fourth-order valence-electron chi connectivity index (χ4n) is 2.48. The molecular weight excluding hydrogens is 212 g/mol. The van der Waals surface area contributed by atoms with Gasteiger partial charge < -0.3 is 0 Å². The quantitative estimate of drug-likeness (QED) is 0.564. The first kappa shape index (κ1) is 14.2. The third kappa shape index (κ3) is 3.54. The second-order valence-electron chi connectivity index (χ2n) is 4.65. The maximum absolute atomic E-state index is 5.69. The molecule has 1 aromatic heterocycles. The Balaban J connectivity index is 2.79. The highest BCUT2D eigenvalue weighted by molar-refractivity contribution is 5.10. The summed E-state index contributed by atoms with van der Waals surface area (Å²) in [5, 5.41) is 4.48. The van der Waals surface area contributed by atoms with E-state index in [1.165, 1.54) is 5.69 Å². The fraction of sp³-hybridized carbons (Fsp3) is 0.769. The Hall–Kier alpha value is -0.870. The third-order valence-corrected chi connectivity index (χ3v) is 3.55. The lowest BCUT2D eigenvalue weighted by molar-refractivity contribution is 0.330. The normalized spacial score (nSPS) is 13.3. The Morgan fingerprint density at radius 2 is 2.00 bits per heavy atom. The van der Waals surface area contributed by atoms with Gasteiger partial charge in [-0.15, -0.1) is 0 Å². The lowest BCUT2D eigenvalue weighted by Gasteiger charge is -2.24. The lowest BCUT2D eigenvalue weighted by atomic mass is 9.91. The minimum absolute atomic E-state index is 0.339. The van der Waals surface area contributed by atoms with Gasteiger partial charge in [0.05, 0.1) is 5.69 Å². The Bertz CT molecular complexity index is 328. The smallest absolute Gasteiger partial charge is 0.0596 e. The molecule has 1 heterocycles. The SMILES string of the molecule is CCC(CC)C(Cc1cc(C)nn1CC)NN. The number of aromatic nitrogens is 2. The van der Waals surface area contributed by atoms with Crippen molar-refractivity contribution >= 4 is 0 Å². The molecule has 0 aromatic carbocycles. The van der Waals surface area contributed by atoms with Crippen molar-refractivity contribution in [3.63, 3.8) is 0 Å². The van der Waals surface area contributed by atoms with Crippen molar-refractivity contribution < 1.29 is 0 Å². The molecule has 17 heavy (non-hydrogen) atoms. The Morgan fingerprint density at radius 1 is 1.35 bits per heavy atom. The maximum Gasteiger partial charge on any atom is 0.0596 e. The summed E-state index contributed by atoms with van der Waals surface area (Å²) in [6.45, 7) is 9.53. The average molecular weight is 238 g/mol. The van der Waals surface area contributed by atoms with Gasteiger partial charge in [0.1, 0.15) is 0 Å². The molecule has 4 heteroatoms. The summed E-state index contributed by atoms with van der Waals surface area (Å²) >= 11 is 0. The molecule has 0 aliphatic heterocycles. The van der Waals surface area contributed by atoms with Crippen LogP contribution in [0, 0.1) is 12.8 Å². The number of hydrogen-bond acceptors (Lipinski definition) is 3. The zero-order valence-electron chi connectivity index (χ0n) is 11.5. The summed E-state index contributed by atoms with van der Waals surface area (Å²) < 4.78 is 2.07. The van der Waals surface area contributed by atoms with Gasteiger partial charge in [-0.05, 0) is 25.8 Å². The molecule has 0 aliphatic carbocycles. The molecule has 0 saturated heterocycles. The first-order valence-electron chi connectivity index (χ1n) is 6.65. The maximum atomic E-state index is 5.69. The number of nitrogens with zero attached hydrogens (tertiary/aromatic N) is 2. The van der Waals surface area contributed by atoms with Crippen LogP contribution in [0.2, 0.25) is 0 Å². The van der Waals surface area contributed by atoms with Crippen LogP contribution in [0.3, 0.4) is 0 Å². The van der Waals surface area contributed by atoms with Crippen molar-refractivity contribution in [1.29, 1.82) is 0 Å². The van der Waals surface area contributed by atoms with E-state index < -0.39 is 0 Å². The van der Waals surface area contributed by atoms with Crippen LogP contribution in [0.25, 0.3) is 0 Å². The molecule has 3 N–H and O–H groups in total. The van der Waals surface area contributed by atoms with Crippen molar-refractivity contribution in [2.24, 2.45) is 11.8 Å². The summed E-state index contributed by atoms with van der Waals surface area (Å²) in [5.74, 6) is 6.32. The van der Waals surface area contributed by atoms with E-state index in [-0.39, 0.29) is 0 Å². The summed E-state index contributed by atoms with van der Waals surface area (Å²) in [7, 11) is 0. The first-order valence-corrected chi connectivity index (χ1v) is 6.65. The molecule has 0 bridgehead atoms. The van der Waals surface area contributed by atoms with Gasteiger partial charge in [0, 0.05) is 24.7 Å². The van der Waals surface area contributed by atoms with Crippen molar-refractivity contribution in [3.8, 4) is 0 Å². The Kier molecular flexibility index (Phi) is 5.65. The molecule has 0 saturated carbocycles. The average Bonchev–Trinajstić information content (AvgIpc) is 2.69. The highest BCUT2D eigenvalue weighted by atomic mass is 15.3. The summed E-state index contributed by atoms with van der Waals surface area (Å²) in [6.07, 6.45) is 3.27. The van der Waals surface area contributed by atoms with Crippen LogP contribution in [-0.2, 0) is 13.0 Å². The van der Waals surface area contributed by atoms with Crippen LogP contribution in [0.4, 0.5) is 0 Å². The Morgan fingerprint density at radius 3 is 2.47 bits per heavy atom. The van der Waals surface area contributed by atoms with Gasteiger partial charge >= 0.3 is 0 Å². The molecule has 1 rings (SSSR count). The molecule has 0 fully saturated rings. The van der Waals surface area contributed by atoms with Crippen molar-refractivity contribution in [2.75, 3.05) is 0 Å². The lowest BCUT2D eigenvalue weighted by Crippen LogP contribution is -2.42. The fourth-order valence-corrected chi connectivity index (χ4v) is 2.48. The van der Waals surface area contributed by atoms with E-state index in [1.54, 1.807) is 0 Å². The van der Waals surface area contributed by atoms with Gasteiger partial charge in [-0.25, -0.2) is 0 Å². The summed E-state index contributed by atoms with van der Waals surface area (Å²) in [4.78, 5) is 0. The molecule has 4 nitrogen and oxygen atoms in total. The number of hydrogen-bond donors (Lipinski definition) is 2. The zero-order valence-corrected chi connectivity index (χ0v) is 11.5. The highest BCUT2D eigenvalue weighted by Gasteiger charge is 2.19. The molecule has 0 amide bonds. The highest BCUT2D eigenvalue weighted by Crippen LogP contribution is 2.17. The number of nitrogens with two attached hydrogens (primary N) is 1. The molecule has 0 radical (unpaired) electrons. The zero-order chi connectivity index (χ0) is 12.8. The number of rotatable bonds is 7. The first-order chi connectivity index (χ1) is 8.15. The van der Waals surface area contributed by atoms with Gasteiger partial charge in [-0.2, -0.15) is 5.10 Å². The van der Waals surface area contributed by atoms with Gasteiger partial charge in [0.15, 0.2) is 0 Å². The van der Waals surface area contributed by atoms with E-state index in [1.807, 2.05) is 6.92 Å². The van der Waals surface area contributed by atoms with Gasteiger partial charge in [0.2, 0.25) is 0 Å². The number of aryl methyl sites for hydroxylation is 2. The minimum atomic E-state index is 0.339. The second-order valence-corrected chi connectivity index (χ2v) is 4.65. The molecule has 1 atom stereocenters. The monoisotopic (exact) mass is 238 g/mol. The molecular formula is C13H26N4. The number of nitrogens with one attached hydrogen (secondary N) is 1. The molecule has 0 spiro atoms. The van der Waals surface area contributed by atoms with Gasteiger partial charge in [-0.3, -0.25) is 16.0 Å². The van der Waals surface area contributed by atoms with E-state index in [0.29, 0.717) is 12.0 Å². The van der Waals surface area contributed by atoms with Crippen molar-refractivity contribution in [3.05, 3.63) is 17.5 Å². The van der Waals surface area contributed by atoms with Crippen LogP contribution in [0.1, 0.15) is 45.0 Å². The molecule has 0 aliphatic rings. The largest absolute Gasteiger partial charge is 0.271 e. The van der Waals surface area contributed by atoms with Crippen molar-refractivity contribution in [2.45, 2.75) is 59.5 Å². The van der Waals surface area contributed by atoms with E-state index in [9.17, 15) is 0 Å². The molecule has 1 unspecified atom stereocenters. The topological polar surface area (TPSA) is 55.9 Å². The van der Waals surface area contributed by atoms with Crippen LogP contribution >= 0.6 is 0 Å². The minimum Gasteiger partial charge on any atom is -0.271 e. The van der Waals surface area contributed by atoms with E-state index in [4.69, 9.17) is 5.84 Å². The van der Waals surface area contributed by atoms with Crippen LogP contribution in [0.5, 0.6) is 0 Å². The molecule has 1 aromatic rings. The summed E-state index contributed by atoms with van der Waals surface area (Å²) in [5.41, 5.74) is 5.33. The summed E-state index contributed by atoms with van der Waals surface area (Å²) in [6, 6.07) is 2.50. The standard InChI is InChI=1S/C13H26N4/c1-5-11(6-2)13(15-14)9-12-8-10(4)16-17(12)7-3/h8,11,13,15H,5-7,9,14H2,1-4H3. The van der Waals surface area contributed by atoms with E-state index in [0.717, 1.165) is 31.5 Å². The third-order valence-electron chi connectivity index (χ3n) is 3.55. The number of hydrazine groups is 1. The Labute approximate surface area is 105 Å². The predicted octanol–water partition coefficient (Wildman–Crippen LogP) is 2.02. The molecule has 98 valence electrons. The van der Waals surface area contributed by atoms with Crippen molar-refractivity contribution in [1.82, 2.24) is 15.2 Å². The van der Waals surface area contributed by atoms with E-state index >= 15 is 0 Å². The predicted molar refractivity (Wildman–Crippen MR) is 71.5 cm³/mol. The second kappa shape index (κ2) is 6.77. The van der Waals surface area contributed by atoms with Gasteiger partial charge in [0.25, 0.3) is 0 Å². The van der Waals surface area contributed by atoms with Gasteiger partial charge in [-0.1, -0.05) is 26.7 Å².